The fourth-order valence-electron chi connectivity index (χ4n) is 2.14. The van der Waals surface area contributed by atoms with E-state index in [0.29, 0.717) is 17.3 Å². The molecular formula is C11H18ClN3O2S. The average Bonchev–Trinajstić information content (AvgIpc) is 3.10. The Morgan fingerprint density at radius 1 is 1.56 bits per heavy atom. The number of rotatable bonds is 5. The number of H-pyrrole nitrogens is 1. The molecule has 102 valence electrons. The fourth-order valence-corrected chi connectivity index (χ4v) is 4.16. The zero-order valence-corrected chi connectivity index (χ0v) is 12.3. The van der Waals surface area contributed by atoms with Crippen LogP contribution in [0.2, 0.25) is 0 Å². The molecule has 7 heteroatoms. The van der Waals surface area contributed by atoms with Crippen LogP contribution in [0, 0.1) is 12.8 Å². The van der Waals surface area contributed by atoms with Crippen molar-refractivity contribution < 1.29 is 8.42 Å². The van der Waals surface area contributed by atoms with Gasteiger partial charge >= 0.3 is 0 Å². The first-order chi connectivity index (χ1) is 8.39. The SMILES string of the molecule is Cc1[nH]nc(CCl)c1S(=O)(=O)N(C)C(C)C1CC1. The summed E-state index contributed by atoms with van der Waals surface area (Å²) in [5.74, 6) is 0.571. The lowest BCUT2D eigenvalue weighted by Gasteiger charge is -2.24. The molecule has 0 amide bonds. The van der Waals surface area contributed by atoms with Crippen LogP contribution in [-0.4, -0.2) is 36.0 Å². The van der Waals surface area contributed by atoms with Crippen molar-refractivity contribution in [3.05, 3.63) is 11.4 Å². The molecule has 1 aliphatic carbocycles. The second-order valence-corrected chi connectivity index (χ2v) is 7.06. The molecule has 1 fully saturated rings. The molecule has 0 radical (unpaired) electrons. The van der Waals surface area contributed by atoms with Crippen LogP contribution in [0.1, 0.15) is 31.2 Å². The van der Waals surface area contributed by atoms with Crippen molar-refractivity contribution >= 4 is 21.6 Å². The molecule has 1 aromatic heterocycles. The lowest BCUT2D eigenvalue weighted by molar-refractivity contribution is 0.356. The molecule has 0 saturated heterocycles. The van der Waals surface area contributed by atoms with Crippen LogP contribution in [0.15, 0.2) is 4.90 Å². The molecule has 1 N–H and O–H groups in total. The van der Waals surface area contributed by atoms with E-state index in [-0.39, 0.29) is 16.8 Å². The summed E-state index contributed by atoms with van der Waals surface area (Å²) < 4.78 is 26.6. The highest BCUT2D eigenvalue weighted by atomic mass is 35.5. The van der Waals surface area contributed by atoms with Gasteiger partial charge in [0, 0.05) is 13.1 Å². The van der Waals surface area contributed by atoms with E-state index in [1.165, 1.54) is 4.31 Å². The maximum absolute atomic E-state index is 12.6. The minimum absolute atomic E-state index is 0.0208. The van der Waals surface area contributed by atoms with E-state index in [1.807, 2.05) is 6.92 Å². The van der Waals surface area contributed by atoms with E-state index in [1.54, 1.807) is 14.0 Å². The van der Waals surface area contributed by atoms with Gasteiger partial charge in [0.1, 0.15) is 4.90 Å². The standard InChI is InChI=1S/C11H18ClN3O2S/c1-7-11(10(6-12)14-13-7)18(16,17)15(3)8(2)9-4-5-9/h8-9H,4-6H2,1-3H3,(H,13,14). The molecule has 0 aromatic carbocycles. The van der Waals surface area contributed by atoms with Gasteiger partial charge in [-0.15, -0.1) is 11.6 Å². The van der Waals surface area contributed by atoms with Crippen LogP contribution in [0.25, 0.3) is 0 Å². The Hall–Kier alpha value is -0.590. The van der Waals surface area contributed by atoms with Crippen molar-refractivity contribution in [2.45, 2.75) is 43.5 Å². The Morgan fingerprint density at radius 3 is 2.67 bits per heavy atom. The molecule has 0 aliphatic heterocycles. The lowest BCUT2D eigenvalue weighted by Crippen LogP contribution is -2.36. The van der Waals surface area contributed by atoms with Gasteiger partial charge in [-0.3, -0.25) is 5.10 Å². The number of aromatic nitrogens is 2. The Kier molecular flexibility index (Phi) is 3.71. The predicted molar refractivity (Wildman–Crippen MR) is 70.0 cm³/mol. The monoisotopic (exact) mass is 291 g/mol. The van der Waals surface area contributed by atoms with Crippen molar-refractivity contribution in [2.24, 2.45) is 5.92 Å². The summed E-state index contributed by atoms with van der Waals surface area (Å²) in [7, 11) is -1.89. The molecule has 0 spiro atoms. The van der Waals surface area contributed by atoms with E-state index in [0.717, 1.165) is 12.8 Å². The van der Waals surface area contributed by atoms with Crippen LogP contribution in [0.4, 0.5) is 0 Å². The van der Waals surface area contributed by atoms with Gasteiger partial charge in [0.2, 0.25) is 10.0 Å². The van der Waals surface area contributed by atoms with Gasteiger partial charge in [0.25, 0.3) is 0 Å². The van der Waals surface area contributed by atoms with Crippen molar-refractivity contribution in [1.82, 2.24) is 14.5 Å². The number of nitrogens with zero attached hydrogens (tertiary/aromatic N) is 2. The summed E-state index contributed by atoms with van der Waals surface area (Å²) in [6.07, 6.45) is 2.21. The lowest BCUT2D eigenvalue weighted by atomic mass is 10.2. The third kappa shape index (κ3) is 2.29. The third-order valence-electron chi connectivity index (χ3n) is 3.60. The van der Waals surface area contributed by atoms with Crippen molar-refractivity contribution in [3.8, 4) is 0 Å². The fraction of sp³-hybridized carbons (Fsp3) is 0.727. The van der Waals surface area contributed by atoms with Crippen LogP contribution < -0.4 is 0 Å². The second-order valence-electron chi connectivity index (χ2n) is 4.86. The number of alkyl halides is 1. The van der Waals surface area contributed by atoms with Crippen LogP contribution in [0.3, 0.4) is 0 Å². The zero-order chi connectivity index (χ0) is 13.5. The highest BCUT2D eigenvalue weighted by Crippen LogP contribution is 2.37. The summed E-state index contributed by atoms with van der Waals surface area (Å²) in [6, 6.07) is 0.0208. The van der Waals surface area contributed by atoms with Gasteiger partial charge < -0.3 is 0 Å². The second kappa shape index (κ2) is 4.83. The number of halogens is 1. The zero-order valence-electron chi connectivity index (χ0n) is 10.8. The first-order valence-corrected chi connectivity index (χ1v) is 7.95. The van der Waals surface area contributed by atoms with Crippen molar-refractivity contribution in [2.75, 3.05) is 7.05 Å². The Balaban J connectivity index is 2.37. The van der Waals surface area contributed by atoms with E-state index in [2.05, 4.69) is 10.2 Å². The van der Waals surface area contributed by atoms with E-state index in [4.69, 9.17) is 11.6 Å². The van der Waals surface area contributed by atoms with Gasteiger partial charge in [0.15, 0.2) is 0 Å². The largest absolute Gasteiger partial charge is 0.281 e. The number of hydrogen-bond donors (Lipinski definition) is 1. The Bertz CT molecular complexity index is 536. The van der Waals surface area contributed by atoms with Crippen LogP contribution in [0.5, 0.6) is 0 Å². The van der Waals surface area contributed by atoms with E-state index in [9.17, 15) is 8.42 Å². The third-order valence-corrected chi connectivity index (χ3v) is 6.00. The molecule has 18 heavy (non-hydrogen) atoms. The van der Waals surface area contributed by atoms with Crippen molar-refractivity contribution in [3.63, 3.8) is 0 Å². The van der Waals surface area contributed by atoms with Gasteiger partial charge in [-0.25, -0.2) is 8.42 Å². The molecular weight excluding hydrogens is 274 g/mol. The molecule has 1 aliphatic rings. The maximum atomic E-state index is 12.6. The number of sulfonamides is 1. The topological polar surface area (TPSA) is 66.1 Å². The number of aromatic amines is 1. The quantitative estimate of drug-likeness (QED) is 0.842. The minimum Gasteiger partial charge on any atom is -0.281 e. The van der Waals surface area contributed by atoms with E-state index >= 15 is 0 Å². The molecule has 1 aromatic rings. The minimum atomic E-state index is -3.52. The number of hydrogen-bond acceptors (Lipinski definition) is 3. The van der Waals surface area contributed by atoms with Crippen LogP contribution >= 0.6 is 11.6 Å². The first-order valence-electron chi connectivity index (χ1n) is 5.97. The smallest absolute Gasteiger partial charge is 0.246 e. The summed E-state index contributed by atoms with van der Waals surface area (Å²) in [6.45, 7) is 3.65. The first kappa shape index (κ1) is 13.8. The normalized spacial score (nSPS) is 18.3. The molecule has 0 bridgehead atoms. The van der Waals surface area contributed by atoms with Gasteiger partial charge in [-0.05, 0) is 32.6 Å². The highest BCUT2D eigenvalue weighted by Gasteiger charge is 2.38. The van der Waals surface area contributed by atoms with Gasteiger partial charge in [-0.2, -0.15) is 9.40 Å². The summed E-state index contributed by atoms with van der Waals surface area (Å²) in [5, 5.41) is 6.63. The Morgan fingerprint density at radius 2 is 2.17 bits per heavy atom. The summed E-state index contributed by atoms with van der Waals surface area (Å²) in [5.41, 5.74) is 0.935. The predicted octanol–water partition coefficient (Wildman–Crippen LogP) is 1.88. The van der Waals surface area contributed by atoms with E-state index < -0.39 is 10.0 Å². The molecule has 1 saturated carbocycles. The number of nitrogens with one attached hydrogen (secondary N) is 1. The molecule has 1 atom stereocenters. The molecule has 5 nitrogen and oxygen atoms in total. The molecule has 1 unspecified atom stereocenters. The average molecular weight is 292 g/mol. The Labute approximate surface area is 113 Å². The van der Waals surface area contributed by atoms with Gasteiger partial charge in [-0.1, -0.05) is 0 Å². The van der Waals surface area contributed by atoms with Crippen molar-refractivity contribution in [1.29, 1.82) is 0 Å². The molecule has 1 heterocycles. The van der Waals surface area contributed by atoms with Crippen LogP contribution in [-0.2, 0) is 15.9 Å². The van der Waals surface area contributed by atoms with Gasteiger partial charge in [0.05, 0.1) is 17.3 Å². The summed E-state index contributed by atoms with van der Waals surface area (Å²) >= 11 is 5.75. The highest BCUT2D eigenvalue weighted by molar-refractivity contribution is 7.89. The molecule has 2 rings (SSSR count). The number of aryl methyl sites for hydroxylation is 1. The maximum Gasteiger partial charge on any atom is 0.246 e. The summed E-state index contributed by atoms with van der Waals surface area (Å²) in [4.78, 5) is 0.229.